The van der Waals surface area contributed by atoms with Gasteiger partial charge in [-0.25, -0.2) is 0 Å². The first-order chi connectivity index (χ1) is 10.9. The quantitative estimate of drug-likeness (QED) is 0.834. The molecule has 1 unspecified atom stereocenters. The van der Waals surface area contributed by atoms with E-state index in [9.17, 15) is 4.79 Å². The van der Waals surface area contributed by atoms with Gasteiger partial charge in [-0.15, -0.1) is 0 Å². The Morgan fingerprint density at radius 3 is 2.25 bits per heavy atom. The Hall–Kier alpha value is -1.29. The number of fused-ring (bicyclic) bond motifs is 1. The van der Waals surface area contributed by atoms with Gasteiger partial charge >= 0.3 is 0 Å². The standard InChI is InChI=1S/C20H34N2O2/c1-9-20(14-24-8)12-21-11-15(18(2,3)4)10-16(21)17(23)22(13-20)19(5,6)7/h10-11H,9,12-14H2,1-8H3. The summed E-state index contributed by atoms with van der Waals surface area (Å²) in [4.78, 5) is 15.3. The number of carbonyl (C=O) groups is 1. The molecule has 0 bridgehead atoms. The largest absolute Gasteiger partial charge is 0.384 e. The van der Waals surface area contributed by atoms with E-state index in [-0.39, 0.29) is 22.3 Å². The van der Waals surface area contributed by atoms with Crippen LogP contribution in [-0.4, -0.2) is 41.2 Å². The normalized spacial score (nSPS) is 22.5. The number of rotatable bonds is 3. The number of hydrogen-bond donors (Lipinski definition) is 0. The lowest BCUT2D eigenvalue weighted by atomic mass is 9.84. The molecule has 0 aliphatic carbocycles. The SMILES string of the molecule is CCC1(COC)CN(C(C)(C)C)C(=O)c2cc(C(C)(C)C)cn2C1. The van der Waals surface area contributed by atoms with E-state index in [0.29, 0.717) is 6.61 Å². The number of amides is 1. The number of methoxy groups -OCH3 is 1. The monoisotopic (exact) mass is 334 g/mol. The molecule has 1 aromatic rings. The fraction of sp³-hybridized carbons (Fsp3) is 0.750. The van der Waals surface area contributed by atoms with Crippen LogP contribution in [0.15, 0.2) is 12.3 Å². The van der Waals surface area contributed by atoms with Crippen LogP contribution < -0.4 is 0 Å². The topological polar surface area (TPSA) is 34.5 Å². The molecule has 2 heterocycles. The van der Waals surface area contributed by atoms with Gasteiger partial charge in [-0.2, -0.15) is 0 Å². The molecule has 136 valence electrons. The van der Waals surface area contributed by atoms with Crippen molar-refractivity contribution < 1.29 is 9.53 Å². The highest BCUT2D eigenvalue weighted by Crippen LogP contribution is 2.36. The summed E-state index contributed by atoms with van der Waals surface area (Å²) >= 11 is 0. The van der Waals surface area contributed by atoms with Crippen LogP contribution in [-0.2, 0) is 16.7 Å². The van der Waals surface area contributed by atoms with Crippen LogP contribution in [0.5, 0.6) is 0 Å². The zero-order chi connectivity index (χ0) is 18.3. The molecular weight excluding hydrogens is 300 g/mol. The van der Waals surface area contributed by atoms with Crippen molar-refractivity contribution in [3.05, 3.63) is 23.5 Å². The molecule has 4 heteroatoms. The lowest BCUT2D eigenvalue weighted by molar-refractivity contribution is 0.0120. The van der Waals surface area contributed by atoms with Gasteiger partial charge in [0.15, 0.2) is 0 Å². The van der Waals surface area contributed by atoms with Gasteiger partial charge in [0.05, 0.1) is 6.61 Å². The van der Waals surface area contributed by atoms with E-state index < -0.39 is 0 Å². The second kappa shape index (κ2) is 6.21. The van der Waals surface area contributed by atoms with Gasteiger partial charge < -0.3 is 14.2 Å². The van der Waals surface area contributed by atoms with Crippen molar-refractivity contribution >= 4 is 5.91 Å². The molecule has 24 heavy (non-hydrogen) atoms. The summed E-state index contributed by atoms with van der Waals surface area (Å²) in [6.07, 6.45) is 3.14. The third-order valence-electron chi connectivity index (χ3n) is 5.24. The van der Waals surface area contributed by atoms with E-state index in [1.807, 2.05) is 4.90 Å². The van der Waals surface area contributed by atoms with Crippen molar-refractivity contribution in [1.29, 1.82) is 0 Å². The number of carbonyl (C=O) groups excluding carboxylic acids is 1. The third-order valence-corrected chi connectivity index (χ3v) is 5.24. The smallest absolute Gasteiger partial charge is 0.270 e. The number of hydrogen-bond acceptors (Lipinski definition) is 2. The Labute approximate surface area is 147 Å². The molecule has 1 atom stereocenters. The van der Waals surface area contributed by atoms with Crippen LogP contribution in [0.3, 0.4) is 0 Å². The molecule has 1 aromatic heterocycles. The van der Waals surface area contributed by atoms with E-state index >= 15 is 0 Å². The fourth-order valence-corrected chi connectivity index (χ4v) is 3.45. The van der Waals surface area contributed by atoms with Crippen LogP contribution in [0, 0.1) is 5.41 Å². The molecule has 1 aliphatic rings. The molecule has 2 rings (SSSR count). The van der Waals surface area contributed by atoms with E-state index in [1.165, 1.54) is 5.56 Å². The first kappa shape index (κ1) is 19.0. The molecule has 1 amide bonds. The van der Waals surface area contributed by atoms with E-state index in [1.54, 1.807) is 7.11 Å². The molecule has 0 spiro atoms. The average Bonchev–Trinajstić information content (AvgIpc) is 2.82. The van der Waals surface area contributed by atoms with E-state index in [4.69, 9.17) is 4.74 Å². The van der Waals surface area contributed by atoms with Gasteiger partial charge in [0.25, 0.3) is 5.91 Å². The summed E-state index contributed by atoms with van der Waals surface area (Å²) in [5.41, 5.74) is 1.77. The van der Waals surface area contributed by atoms with Crippen LogP contribution in [0.2, 0.25) is 0 Å². The van der Waals surface area contributed by atoms with Gasteiger partial charge in [0, 0.05) is 37.4 Å². The van der Waals surface area contributed by atoms with Crippen molar-refractivity contribution in [3.8, 4) is 0 Å². The van der Waals surface area contributed by atoms with Crippen LogP contribution >= 0.6 is 0 Å². The van der Waals surface area contributed by atoms with E-state index in [2.05, 4.69) is 65.3 Å². The lowest BCUT2D eigenvalue weighted by Crippen LogP contribution is -2.51. The van der Waals surface area contributed by atoms with Gasteiger partial charge in [-0.1, -0.05) is 27.7 Å². The summed E-state index contributed by atoms with van der Waals surface area (Å²) in [7, 11) is 1.75. The van der Waals surface area contributed by atoms with Crippen molar-refractivity contribution in [2.75, 3.05) is 20.3 Å². The summed E-state index contributed by atoms with van der Waals surface area (Å²) < 4.78 is 7.73. The summed E-state index contributed by atoms with van der Waals surface area (Å²) in [5, 5.41) is 0. The number of nitrogens with zero attached hydrogens (tertiary/aromatic N) is 2. The number of ether oxygens (including phenoxy) is 1. The molecule has 0 fully saturated rings. The Morgan fingerprint density at radius 1 is 1.17 bits per heavy atom. The first-order valence-electron chi connectivity index (χ1n) is 8.95. The Bertz CT molecular complexity index is 604. The lowest BCUT2D eigenvalue weighted by Gasteiger charge is -2.41. The number of aromatic nitrogens is 1. The van der Waals surface area contributed by atoms with Crippen molar-refractivity contribution in [1.82, 2.24) is 9.47 Å². The van der Waals surface area contributed by atoms with Crippen LogP contribution in [0.4, 0.5) is 0 Å². The average molecular weight is 335 g/mol. The third kappa shape index (κ3) is 3.53. The predicted molar refractivity (Wildman–Crippen MR) is 98.5 cm³/mol. The van der Waals surface area contributed by atoms with Gasteiger partial charge in [-0.05, 0) is 44.2 Å². The first-order valence-corrected chi connectivity index (χ1v) is 8.95. The predicted octanol–water partition coefficient (Wildman–Crippen LogP) is 4.08. The van der Waals surface area contributed by atoms with Crippen molar-refractivity contribution in [2.24, 2.45) is 5.41 Å². The zero-order valence-electron chi connectivity index (χ0n) is 16.7. The minimum absolute atomic E-state index is 0.0299. The van der Waals surface area contributed by atoms with Crippen molar-refractivity contribution in [2.45, 2.75) is 72.4 Å². The van der Waals surface area contributed by atoms with E-state index in [0.717, 1.165) is 25.2 Å². The summed E-state index contributed by atoms with van der Waals surface area (Å²) in [6, 6.07) is 2.08. The van der Waals surface area contributed by atoms with Gasteiger partial charge in [-0.3, -0.25) is 4.79 Å². The Morgan fingerprint density at radius 2 is 1.79 bits per heavy atom. The molecule has 0 radical (unpaired) electrons. The zero-order valence-corrected chi connectivity index (χ0v) is 16.7. The minimum Gasteiger partial charge on any atom is -0.384 e. The second-order valence-corrected chi connectivity index (χ2v) is 9.34. The van der Waals surface area contributed by atoms with Gasteiger partial charge in [0.1, 0.15) is 5.69 Å². The summed E-state index contributed by atoms with van der Waals surface area (Å²) in [6.45, 7) is 17.3. The molecule has 0 saturated heterocycles. The fourth-order valence-electron chi connectivity index (χ4n) is 3.45. The second-order valence-electron chi connectivity index (χ2n) is 9.34. The molecule has 0 aromatic carbocycles. The molecule has 1 aliphatic heterocycles. The molecule has 0 saturated carbocycles. The highest BCUT2D eigenvalue weighted by atomic mass is 16.5. The maximum Gasteiger partial charge on any atom is 0.270 e. The molecule has 0 N–H and O–H groups in total. The Balaban J connectivity index is 2.60. The van der Waals surface area contributed by atoms with Crippen LogP contribution in [0.25, 0.3) is 0 Å². The van der Waals surface area contributed by atoms with Crippen molar-refractivity contribution in [3.63, 3.8) is 0 Å². The molecule has 4 nitrogen and oxygen atoms in total. The highest BCUT2D eigenvalue weighted by Gasteiger charge is 2.42. The molecular formula is C20H34N2O2. The maximum atomic E-state index is 13.3. The summed E-state index contributed by atoms with van der Waals surface area (Å²) in [5.74, 6) is 0.129. The maximum absolute atomic E-state index is 13.3. The highest BCUT2D eigenvalue weighted by molar-refractivity contribution is 5.94. The Kier molecular flexibility index (Phi) is 4.93. The minimum atomic E-state index is -0.216. The van der Waals surface area contributed by atoms with Gasteiger partial charge in [0.2, 0.25) is 0 Å². The van der Waals surface area contributed by atoms with Crippen LogP contribution in [0.1, 0.15) is 70.9 Å².